The molecule has 2 aliphatic heterocycles. The second-order valence-electron chi connectivity index (χ2n) is 7.66. The predicted octanol–water partition coefficient (Wildman–Crippen LogP) is 1.75. The molecule has 0 bridgehead atoms. The van der Waals surface area contributed by atoms with Crippen LogP contribution in [0.2, 0.25) is 0 Å². The van der Waals surface area contributed by atoms with Crippen LogP contribution in [0.1, 0.15) is 36.9 Å². The minimum Gasteiger partial charge on any atom is -0.494 e. The summed E-state index contributed by atoms with van der Waals surface area (Å²) in [5.74, 6) is -0.659. The molecule has 2 heterocycles. The van der Waals surface area contributed by atoms with Crippen LogP contribution >= 0.6 is 0 Å². The number of quaternary nitrogens is 1. The standard InChI is InChI=1S/C23H25N3O4/c1-2-30-19-12-10-18(11-13-19)20-9-6-14-24(20)16-26-22(28)21(27)25(23(26)29)15-17-7-4-3-5-8-17/h3-5,7-8,10-13,20H,2,6,9,14-16H2,1H3/p+1/t20-/m0/s1. The fourth-order valence-electron chi connectivity index (χ4n) is 4.26. The topological polar surface area (TPSA) is 71.4 Å². The van der Waals surface area contributed by atoms with Gasteiger partial charge in [0.1, 0.15) is 11.8 Å². The van der Waals surface area contributed by atoms with Gasteiger partial charge in [-0.3, -0.25) is 14.5 Å². The minimum absolute atomic E-state index is 0.110. The van der Waals surface area contributed by atoms with Crippen LogP contribution in [0, 0.1) is 0 Å². The monoisotopic (exact) mass is 408 g/mol. The Bertz CT molecular complexity index is 929. The molecule has 2 fully saturated rings. The van der Waals surface area contributed by atoms with Crippen LogP contribution in [0.3, 0.4) is 0 Å². The fraction of sp³-hybridized carbons (Fsp3) is 0.348. The Morgan fingerprint density at radius 1 is 0.967 bits per heavy atom. The minimum atomic E-state index is -0.750. The van der Waals surface area contributed by atoms with Gasteiger partial charge in [-0.1, -0.05) is 30.3 Å². The number of hydrogen-bond acceptors (Lipinski definition) is 4. The van der Waals surface area contributed by atoms with Crippen LogP contribution in [0.25, 0.3) is 0 Å². The third-order valence-corrected chi connectivity index (χ3v) is 5.76. The summed E-state index contributed by atoms with van der Waals surface area (Å²) in [6.45, 7) is 3.73. The molecule has 0 aliphatic carbocycles. The Hall–Kier alpha value is -3.19. The molecule has 7 nitrogen and oxygen atoms in total. The van der Waals surface area contributed by atoms with Gasteiger partial charge in [-0.25, -0.2) is 9.69 Å². The number of ether oxygens (including phenoxy) is 1. The van der Waals surface area contributed by atoms with Crippen molar-refractivity contribution in [2.45, 2.75) is 32.4 Å². The number of likely N-dealkylation sites (tertiary alicyclic amines) is 1. The van der Waals surface area contributed by atoms with E-state index in [-0.39, 0.29) is 19.3 Å². The zero-order valence-corrected chi connectivity index (χ0v) is 17.0. The highest BCUT2D eigenvalue weighted by Gasteiger charge is 2.47. The second-order valence-corrected chi connectivity index (χ2v) is 7.66. The zero-order chi connectivity index (χ0) is 21.1. The molecule has 7 heteroatoms. The Morgan fingerprint density at radius 3 is 2.37 bits per heavy atom. The van der Waals surface area contributed by atoms with Crippen molar-refractivity contribution >= 4 is 17.8 Å². The smallest absolute Gasteiger partial charge is 0.339 e. The molecule has 0 spiro atoms. The summed E-state index contributed by atoms with van der Waals surface area (Å²) in [4.78, 5) is 41.1. The van der Waals surface area contributed by atoms with Crippen molar-refractivity contribution in [3.63, 3.8) is 0 Å². The lowest BCUT2D eigenvalue weighted by Gasteiger charge is -2.25. The maximum Gasteiger partial charge on any atom is 0.339 e. The van der Waals surface area contributed by atoms with Crippen LogP contribution in [-0.4, -0.2) is 47.5 Å². The summed E-state index contributed by atoms with van der Waals surface area (Å²) >= 11 is 0. The highest BCUT2D eigenvalue weighted by atomic mass is 16.5. The van der Waals surface area contributed by atoms with Crippen molar-refractivity contribution < 1.29 is 24.0 Å². The van der Waals surface area contributed by atoms with E-state index in [9.17, 15) is 14.4 Å². The second kappa shape index (κ2) is 8.67. The lowest BCUT2D eigenvalue weighted by Crippen LogP contribution is -3.12. The van der Waals surface area contributed by atoms with Crippen LogP contribution in [0.5, 0.6) is 5.75 Å². The van der Waals surface area contributed by atoms with E-state index in [2.05, 4.69) is 0 Å². The number of rotatable bonds is 7. The lowest BCUT2D eigenvalue weighted by atomic mass is 10.0. The first kappa shape index (κ1) is 20.1. The van der Waals surface area contributed by atoms with E-state index >= 15 is 0 Å². The highest BCUT2D eigenvalue weighted by molar-refractivity contribution is 6.44. The van der Waals surface area contributed by atoms with Gasteiger partial charge in [-0.2, -0.15) is 0 Å². The van der Waals surface area contributed by atoms with E-state index in [1.54, 1.807) is 0 Å². The molecule has 2 atom stereocenters. The molecular weight excluding hydrogens is 382 g/mol. The van der Waals surface area contributed by atoms with Gasteiger partial charge in [-0.05, 0) is 36.8 Å². The van der Waals surface area contributed by atoms with Crippen molar-refractivity contribution in [1.82, 2.24) is 9.80 Å². The molecule has 4 amide bonds. The first-order chi connectivity index (χ1) is 14.6. The number of carbonyl (C=O) groups excluding carboxylic acids is 3. The number of urea groups is 1. The van der Waals surface area contributed by atoms with Crippen molar-refractivity contribution in [2.75, 3.05) is 19.8 Å². The molecule has 1 N–H and O–H groups in total. The molecule has 0 aromatic heterocycles. The first-order valence-corrected chi connectivity index (χ1v) is 10.4. The average molecular weight is 408 g/mol. The number of nitrogens with one attached hydrogen (secondary N) is 1. The van der Waals surface area contributed by atoms with E-state index in [0.29, 0.717) is 6.61 Å². The van der Waals surface area contributed by atoms with Gasteiger partial charge in [0.25, 0.3) is 0 Å². The molecule has 4 rings (SSSR count). The summed E-state index contributed by atoms with van der Waals surface area (Å²) in [7, 11) is 0. The fourth-order valence-corrected chi connectivity index (χ4v) is 4.26. The summed E-state index contributed by atoms with van der Waals surface area (Å²) in [6.07, 6.45) is 1.98. The van der Waals surface area contributed by atoms with Gasteiger partial charge < -0.3 is 9.64 Å². The lowest BCUT2D eigenvalue weighted by molar-refractivity contribution is -0.925. The number of benzene rings is 2. The quantitative estimate of drug-likeness (QED) is 0.560. The number of nitrogens with zero attached hydrogens (tertiary/aromatic N) is 2. The highest BCUT2D eigenvalue weighted by Crippen LogP contribution is 2.23. The molecule has 2 aromatic carbocycles. The van der Waals surface area contributed by atoms with Crippen LogP contribution in [-0.2, 0) is 16.1 Å². The van der Waals surface area contributed by atoms with E-state index in [1.807, 2.05) is 61.5 Å². The average Bonchev–Trinajstić information content (AvgIpc) is 3.30. The molecule has 2 aliphatic rings. The molecular formula is C23H26N3O4+. The zero-order valence-electron chi connectivity index (χ0n) is 17.0. The molecule has 0 radical (unpaired) electrons. The van der Waals surface area contributed by atoms with E-state index in [1.165, 1.54) is 0 Å². The Kier molecular flexibility index (Phi) is 5.81. The molecule has 30 heavy (non-hydrogen) atoms. The molecule has 0 saturated carbocycles. The Morgan fingerprint density at radius 2 is 1.67 bits per heavy atom. The number of carbonyl (C=O) groups is 3. The van der Waals surface area contributed by atoms with Crippen LogP contribution < -0.4 is 9.64 Å². The largest absolute Gasteiger partial charge is 0.494 e. The number of amides is 4. The van der Waals surface area contributed by atoms with Crippen molar-refractivity contribution in [2.24, 2.45) is 0 Å². The van der Waals surface area contributed by atoms with Crippen molar-refractivity contribution in [3.8, 4) is 5.75 Å². The van der Waals surface area contributed by atoms with E-state index < -0.39 is 17.8 Å². The number of hydrogen-bond donors (Lipinski definition) is 1. The van der Waals surface area contributed by atoms with Crippen LogP contribution in [0.4, 0.5) is 4.79 Å². The number of imide groups is 2. The summed E-state index contributed by atoms with van der Waals surface area (Å²) in [6, 6.07) is 16.9. The molecule has 2 saturated heterocycles. The van der Waals surface area contributed by atoms with Gasteiger partial charge in [0, 0.05) is 18.4 Å². The van der Waals surface area contributed by atoms with Crippen molar-refractivity contribution in [3.05, 3.63) is 65.7 Å². The molecule has 2 aromatic rings. The Balaban J connectivity index is 1.46. The van der Waals surface area contributed by atoms with Gasteiger partial charge in [-0.15, -0.1) is 0 Å². The van der Waals surface area contributed by atoms with Crippen molar-refractivity contribution in [1.29, 1.82) is 0 Å². The van der Waals surface area contributed by atoms with Gasteiger partial charge in [0.15, 0.2) is 6.67 Å². The maximum absolute atomic E-state index is 12.9. The van der Waals surface area contributed by atoms with E-state index in [0.717, 1.165) is 51.0 Å². The van der Waals surface area contributed by atoms with Gasteiger partial charge in [0.05, 0.1) is 19.7 Å². The first-order valence-electron chi connectivity index (χ1n) is 10.4. The predicted molar refractivity (Wildman–Crippen MR) is 110 cm³/mol. The van der Waals surface area contributed by atoms with Gasteiger partial charge in [0.2, 0.25) is 0 Å². The Labute approximate surface area is 175 Å². The molecule has 1 unspecified atom stereocenters. The SMILES string of the molecule is CCOc1ccc([C@@H]2CCC[NH+]2CN2C(=O)C(=O)N(Cc3ccccc3)C2=O)cc1. The van der Waals surface area contributed by atoms with Crippen LogP contribution in [0.15, 0.2) is 54.6 Å². The summed E-state index contributed by atoms with van der Waals surface area (Å²) < 4.78 is 5.51. The third kappa shape index (κ3) is 3.93. The molecule has 156 valence electrons. The summed E-state index contributed by atoms with van der Waals surface area (Å²) in [5.41, 5.74) is 1.96. The van der Waals surface area contributed by atoms with E-state index in [4.69, 9.17) is 4.74 Å². The maximum atomic E-state index is 12.9. The normalized spacial score (nSPS) is 21.6. The summed E-state index contributed by atoms with van der Waals surface area (Å²) in [5, 5.41) is 0. The third-order valence-electron chi connectivity index (χ3n) is 5.76. The van der Waals surface area contributed by atoms with Gasteiger partial charge >= 0.3 is 17.8 Å².